The molecule has 0 unspecified atom stereocenters. The monoisotopic (exact) mass is 592 g/mol. The quantitative estimate of drug-likeness (QED) is 0.121. The largest absolute Gasteiger partial charge is 0.464 e. The van der Waals surface area contributed by atoms with Crippen molar-refractivity contribution in [2.45, 2.75) is 109 Å². The van der Waals surface area contributed by atoms with Crippen LogP contribution in [0.2, 0.25) is 0 Å². The van der Waals surface area contributed by atoms with Crippen molar-refractivity contribution in [3.8, 4) is 0 Å². The highest BCUT2D eigenvalue weighted by Crippen LogP contribution is 2.53. The lowest BCUT2D eigenvalue weighted by Crippen LogP contribution is -2.47. The van der Waals surface area contributed by atoms with Gasteiger partial charge in [0.2, 0.25) is 7.44 Å². The number of nitrogens with one attached hydrogen (secondary N) is 2. The minimum Gasteiger partial charge on any atom is -0.464 e. The van der Waals surface area contributed by atoms with E-state index in [0.29, 0.717) is 62.3 Å². The Balaban J connectivity index is 1.43. The van der Waals surface area contributed by atoms with Gasteiger partial charge in [-0.2, -0.15) is 0 Å². The summed E-state index contributed by atoms with van der Waals surface area (Å²) in [5, 5.41) is 6.18. The van der Waals surface area contributed by atoms with Crippen LogP contribution in [0.3, 0.4) is 0 Å². The molecular weight excluding hydrogens is 547 g/mol. The van der Waals surface area contributed by atoms with Crippen LogP contribution in [0.4, 0.5) is 5.69 Å². The number of fused-ring (bicyclic) bond motifs is 1. The smallest absolute Gasteiger partial charge is 0.326 e. The van der Waals surface area contributed by atoms with Crippen molar-refractivity contribution in [2.75, 3.05) is 25.3 Å². The van der Waals surface area contributed by atoms with Crippen LogP contribution in [0.15, 0.2) is 18.6 Å². The van der Waals surface area contributed by atoms with Gasteiger partial charge in [0.05, 0.1) is 37.9 Å². The van der Waals surface area contributed by atoms with Crippen LogP contribution in [-0.2, 0) is 34.9 Å². The Morgan fingerprint density at radius 1 is 1.00 bits per heavy atom. The molecule has 0 aromatic carbocycles. The number of carbonyl (C=O) groups excluding carboxylic acids is 2. The lowest BCUT2D eigenvalue weighted by Gasteiger charge is -2.30. The van der Waals surface area contributed by atoms with Crippen LogP contribution in [-0.4, -0.2) is 63.2 Å². The molecule has 0 spiro atoms. The number of hydrogen-bond donors (Lipinski definition) is 3. The van der Waals surface area contributed by atoms with E-state index < -0.39 is 30.5 Å². The molecule has 1 atom stereocenters. The van der Waals surface area contributed by atoms with Gasteiger partial charge in [0.25, 0.3) is 0 Å². The summed E-state index contributed by atoms with van der Waals surface area (Å²) in [7, 11) is -3.62. The number of unbranched alkanes of at least 4 members (excludes halogenated alkanes) is 4. The van der Waals surface area contributed by atoms with Gasteiger partial charge in [-0.05, 0) is 51.5 Å². The molecular formula is C28H45N6O6P. The number of anilines is 1. The third kappa shape index (κ3) is 8.06. The zero-order valence-corrected chi connectivity index (χ0v) is 25.4. The van der Waals surface area contributed by atoms with E-state index in [9.17, 15) is 14.2 Å². The van der Waals surface area contributed by atoms with Crippen LogP contribution >= 0.6 is 7.44 Å². The van der Waals surface area contributed by atoms with Crippen molar-refractivity contribution < 1.29 is 28.4 Å². The normalized spacial score (nSPS) is 17.7. The number of esters is 2. The third-order valence-corrected chi connectivity index (χ3v) is 9.65. The zero-order valence-electron chi connectivity index (χ0n) is 24.5. The van der Waals surface area contributed by atoms with E-state index in [1.54, 1.807) is 18.6 Å². The van der Waals surface area contributed by atoms with Gasteiger partial charge in [-0.3, -0.25) is 14.2 Å². The average Bonchev–Trinajstić information content (AvgIpc) is 3.87. The van der Waals surface area contributed by atoms with Gasteiger partial charge in [-0.15, -0.1) is 0 Å². The van der Waals surface area contributed by atoms with E-state index in [0.717, 1.165) is 38.5 Å². The Labute approximate surface area is 241 Å². The summed E-state index contributed by atoms with van der Waals surface area (Å²) in [6.45, 7) is 7.06. The summed E-state index contributed by atoms with van der Waals surface area (Å²) in [5.41, 5.74) is 5.68. The molecule has 13 heteroatoms. The molecule has 0 saturated heterocycles. The fourth-order valence-corrected chi connectivity index (χ4v) is 7.41. The summed E-state index contributed by atoms with van der Waals surface area (Å²) in [4.78, 5) is 34.7. The van der Waals surface area contributed by atoms with Crippen LogP contribution in [0.25, 0.3) is 11.2 Å². The number of aromatic nitrogens is 3. The van der Waals surface area contributed by atoms with E-state index >= 15 is 0 Å². The second-order valence-corrected chi connectivity index (χ2v) is 13.6. The molecule has 2 fully saturated rings. The molecule has 2 aromatic rings. The number of hydrogen-bond acceptors (Lipinski definition) is 9. The maximum atomic E-state index is 14.4. The van der Waals surface area contributed by atoms with Crippen LogP contribution in [0, 0.1) is 0 Å². The fourth-order valence-electron chi connectivity index (χ4n) is 4.74. The highest BCUT2D eigenvalue weighted by atomic mass is 31.2. The minimum absolute atomic E-state index is 0.230. The fraction of sp³-hybridized carbons (Fsp3) is 0.714. The highest BCUT2D eigenvalue weighted by Gasteiger charge is 2.59. The van der Waals surface area contributed by atoms with Crippen molar-refractivity contribution in [2.24, 2.45) is 0 Å². The molecule has 4 rings (SSSR count). The number of imidazole rings is 1. The molecule has 0 amide bonds. The number of pyridine rings is 1. The van der Waals surface area contributed by atoms with Crippen molar-refractivity contribution >= 4 is 36.2 Å². The summed E-state index contributed by atoms with van der Waals surface area (Å²) in [6.07, 6.45) is 10.2. The molecule has 0 radical (unpaired) electrons. The van der Waals surface area contributed by atoms with Gasteiger partial charge in [0, 0.05) is 6.20 Å². The van der Waals surface area contributed by atoms with Crippen molar-refractivity contribution in [1.29, 1.82) is 0 Å². The first kappa shape index (κ1) is 31.4. The van der Waals surface area contributed by atoms with Crippen molar-refractivity contribution in [3.05, 3.63) is 18.6 Å². The third-order valence-electron chi connectivity index (χ3n) is 7.56. The van der Waals surface area contributed by atoms with E-state index in [2.05, 4.69) is 34.0 Å². The summed E-state index contributed by atoms with van der Waals surface area (Å²) in [5.74, 6) is -0.826. The first-order valence-electron chi connectivity index (χ1n) is 14.9. The lowest BCUT2D eigenvalue weighted by molar-refractivity contribution is -0.147. The number of nitrogen functional groups attached to an aromatic ring is 1. The van der Waals surface area contributed by atoms with E-state index in [-0.39, 0.29) is 12.5 Å². The van der Waals surface area contributed by atoms with Gasteiger partial charge in [0.15, 0.2) is 5.65 Å². The Bertz CT molecular complexity index is 1200. The Hall–Kier alpha value is -2.53. The SMILES string of the molecule is CCCCCOC(=O)C1(NP(=O)(CO[C@H](C)Cn2cnc3c(N)ccnc32)NC2(C(=O)OCCCCC)CC2)CC1. The summed E-state index contributed by atoms with van der Waals surface area (Å²) < 4.78 is 33.4. The number of nitrogens with two attached hydrogens (primary N) is 1. The van der Waals surface area contributed by atoms with E-state index in [1.807, 2.05) is 11.5 Å². The van der Waals surface area contributed by atoms with E-state index in [1.165, 1.54) is 0 Å². The molecule has 228 valence electrons. The van der Waals surface area contributed by atoms with Crippen LogP contribution in [0.5, 0.6) is 0 Å². The minimum atomic E-state index is -3.62. The molecule has 12 nitrogen and oxygen atoms in total. The van der Waals surface area contributed by atoms with E-state index in [4.69, 9.17) is 19.9 Å². The second-order valence-electron chi connectivity index (χ2n) is 11.4. The molecule has 41 heavy (non-hydrogen) atoms. The molecule has 0 aliphatic heterocycles. The molecule has 2 aliphatic rings. The number of ether oxygens (including phenoxy) is 3. The molecule has 2 aliphatic carbocycles. The van der Waals surface area contributed by atoms with Crippen LogP contribution in [0.1, 0.15) is 85.0 Å². The molecule has 2 aromatic heterocycles. The van der Waals surface area contributed by atoms with Crippen LogP contribution < -0.4 is 15.9 Å². The maximum absolute atomic E-state index is 14.4. The second kappa shape index (κ2) is 13.6. The maximum Gasteiger partial charge on any atom is 0.326 e. The Morgan fingerprint density at radius 3 is 2.07 bits per heavy atom. The Kier molecular flexibility index (Phi) is 10.4. The van der Waals surface area contributed by atoms with Gasteiger partial charge >= 0.3 is 11.9 Å². The standard InChI is InChI=1S/C28H45N6O6P/c1-4-6-8-16-38-25(35)27(11-12-27)32-41(37,33-28(13-14-28)26(36)39-17-9-7-5-2)20-40-21(3)18-34-19-31-23-22(29)10-15-30-24(23)34/h10,15,19,21H,4-9,11-14,16-18,20H2,1-3H3,(H2,29,30)(H2,32,33,37)/t21-/m1/s1. The predicted molar refractivity (Wildman–Crippen MR) is 156 cm³/mol. The van der Waals surface area contributed by atoms with Gasteiger partial charge in [-0.25, -0.2) is 20.1 Å². The summed E-state index contributed by atoms with van der Waals surface area (Å²) in [6, 6.07) is 1.69. The van der Waals surface area contributed by atoms with Gasteiger partial charge in [-0.1, -0.05) is 39.5 Å². The van der Waals surface area contributed by atoms with Crippen molar-refractivity contribution in [3.63, 3.8) is 0 Å². The number of rotatable bonds is 19. The molecule has 0 bridgehead atoms. The van der Waals surface area contributed by atoms with Gasteiger partial charge in [0.1, 0.15) is 22.9 Å². The van der Waals surface area contributed by atoms with Crippen molar-refractivity contribution in [1.82, 2.24) is 24.7 Å². The predicted octanol–water partition coefficient (Wildman–Crippen LogP) is 4.28. The lowest BCUT2D eigenvalue weighted by atomic mass is 10.2. The first-order chi connectivity index (χ1) is 19.7. The Morgan fingerprint density at radius 2 is 1.56 bits per heavy atom. The first-order valence-corrected chi connectivity index (χ1v) is 16.7. The average molecular weight is 593 g/mol. The summed E-state index contributed by atoms with van der Waals surface area (Å²) >= 11 is 0. The molecule has 2 heterocycles. The topological polar surface area (TPSA) is 160 Å². The molecule has 4 N–H and O–H groups in total. The highest BCUT2D eigenvalue weighted by molar-refractivity contribution is 7.59. The number of nitrogens with zero attached hydrogens (tertiary/aromatic N) is 3. The molecule has 2 saturated carbocycles. The number of carbonyl (C=O) groups is 2. The van der Waals surface area contributed by atoms with Gasteiger partial charge < -0.3 is 24.5 Å². The zero-order chi connectivity index (χ0) is 29.5.